The van der Waals surface area contributed by atoms with Crippen LogP contribution < -0.4 is 0 Å². The van der Waals surface area contributed by atoms with Crippen molar-refractivity contribution in [3.8, 4) is 0 Å². The molecule has 5 heteroatoms. The summed E-state index contributed by atoms with van der Waals surface area (Å²) in [4.78, 5) is 0. The summed E-state index contributed by atoms with van der Waals surface area (Å²) < 4.78 is 1.04. The van der Waals surface area contributed by atoms with Crippen LogP contribution in [-0.4, -0.2) is 3.21 Å². The van der Waals surface area contributed by atoms with E-state index in [1.165, 1.54) is 0 Å². The van der Waals surface area contributed by atoms with Crippen LogP contribution in [-0.2, 0) is 18.9 Å². The minimum absolute atomic E-state index is 0.721. The molecule has 0 saturated carbocycles. The van der Waals surface area contributed by atoms with Crippen molar-refractivity contribution in [1.82, 2.24) is 0 Å². The maximum absolute atomic E-state index is 6.65. The van der Waals surface area contributed by atoms with Crippen LogP contribution in [0.15, 0.2) is 72.8 Å². The van der Waals surface area contributed by atoms with E-state index < -0.39 is 18.9 Å². The Morgan fingerprint density at radius 3 is 1.35 bits per heavy atom. The van der Waals surface area contributed by atoms with Gasteiger partial charge in [0.25, 0.3) is 0 Å². The average molecular weight is 497 g/mol. The molecule has 0 fully saturated rings. The molecule has 0 aliphatic heterocycles. The first-order chi connectivity index (χ1) is 12.6. The van der Waals surface area contributed by atoms with Crippen LogP contribution in [0.2, 0.25) is 10.0 Å². The van der Waals surface area contributed by atoms with Gasteiger partial charge in [0, 0.05) is 0 Å². The van der Waals surface area contributed by atoms with E-state index >= 15 is 0 Å². The quantitative estimate of drug-likeness (QED) is 0.265. The van der Waals surface area contributed by atoms with E-state index in [1.807, 2.05) is 48.5 Å². The van der Waals surface area contributed by atoms with Gasteiger partial charge in [0.2, 0.25) is 0 Å². The SMILES string of the molecule is Clc1cccc2c([C](c3cccc4c(Cl)cccc34)=[Zr]([Cl])[Cl])cccc12. The molecule has 0 nitrogen and oxygen atoms in total. The van der Waals surface area contributed by atoms with E-state index in [9.17, 15) is 0 Å². The van der Waals surface area contributed by atoms with E-state index in [4.69, 9.17) is 40.2 Å². The van der Waals surface area contributed by atoms with E-state index in [2.05, 4.69) is 24.3 Å². The Balaban J connectivity index is 2.09. The van der Waals surface area contributed by atoms with Gasteiger partial charge in [0.15, 0.2) is 0 Å². The molecule has 0 N–H and O–H groups in total. The fourth-order valence-corrected chi connectivity index (χ4v) is 8.28. The van der Waals surface area contributed by atoms with E-state index in [-0.39, 0.29) is 0 Å². The van der Waals surface area contributed by atoms with Gasteiger partial charge in [-0.05, 0) is 0 Å². The second-order valence-corrected chi connectivity index (χ2v) is 14.9. The summed E-state index contributed by atoms with van der Waals surface area (Å²) in [5, 5.41) is 5.57. The molecule has 0 aliphatic rings. The predicted molar refractivity (Wildman–Crippen MR) is 113 cm³/mol. The fraction of sp³-hybridized carbons (Fsp3) is 0. The van der Waals surface area contributed by atoms with Crippen LogP contribution in [0, 0.1) is 0 Å². The first-order valence-corrected chi connectivity index (χ1v) is 16.3. The average Bonchev–Trinajstić information content (AvgIpc) is 2.63. The molecule has 4 aromatic rings. The monoisotopic (exact) mass is 494 g/mol. The van der Waals surface area contributed by atoms with Gasteiger partial charge in [0.05, 0.1) is 0 Å². The molecular weight excluding hydrogens is 485 g/mol. The normalized spacial score (nSPS) is 11.1. The maximum atomic E-state index is 6.65. The first-order valence-electron chi connectivity index (χ1n) is 7.98. The van der Waals surface area contributed by atoms with Crippen LogP contribution in [0.4, 0.5) is 0 Å². The molecule has 26 heavy (non-hydrogen) atoms. The Hall–Kier alpha value is -0.687. The summed E-state index contributed by atoms with van der Waals surface area (Å²) in [6, 6.07) is 24.0. The third-order valence-corrected chi connectivity index (χ3v) is 9.61. The van der Waals surface area contributed by atoms with Gasteiger partial charge in [-0.2, -0.15) is 0 Å². The molecule has 0 atom stereocenters. The van der Waals surface area contributed by atoms with Crippen LogP contribution in [0.3, 0.4) is 0 Å². The summed E-state index contributed by atoms with van der Waals surface area (Å²) in [6.45, 7) is 0. The van der Waals surface area contributed by atoms with Crippen LogP contribution in [0.5, 0.6) is 0 Å². The van der Waals surface area contributed by atoms with Crippen molar-refractivity contribution in [3.63, 3.8) is 0 Å². The Labute approximate surface area is 176 Å². The van der Waals surface area contributed by atoms with Crippen LogP contribution in [0.25, 0.3) is 21.5 Å². The van der Waals surface area contributed by atoms with Crippen LogP contribution in [0.1, 0.15) is 11.1 Å². The van der Waals surface area contributed by atoms with E-state index in [0.29, 0.717) is 0 Å². The third-order valence-electron chi connectivity index (χ3n) is 4.47. The minimum atomic E-state index is -2.84. The van der Waals surface area contributed by atoms with Gasteiger partial charge >= 0.3 is 178 Å². The molecule has 0 spiro atoms. The predicted octanol–water partition coefficient (Wildman–Crippen LogP) is 7.79. The van der Waals surface area contributed by atoms with Crippen molar-refractivity contribution >= 4 is 65.0 Å². The molecule has 128 valence electrons. The molecule has 0 saturated heterocycles. The molecule has 0 amide bonds. The van der Waals surface area contributed by atoms with E-state index in [1.54, 1.807) is 0 Å². The van der Waals surface area contributed by atoms with Gasteiger partial charge in [-0.3, -0.25) is 0 Å². The zero-order chi connectivity index (χ0) is 18.3. The number of hydrogen-bond acceptors (Lipinski definition) is 0. The van der Waals surface area contributed by atoms with Crippen molar-refractivity contribution in [2.24, 2.45) is 0 Å². The van der Waals surface area contributed by atoms with Crippen molar-refractivity contribution in [3.05, 3.63) is 94.0 Å². The Bertz CT molecular complexity index is 1090. The van der Waals surface area contributed by atoms with Gasteiger partial charge in [-0.25, -0.2) is 0 Å². The standard InChI is InChI=1S/C21H12Cl2.2ClH.Zr/c22-20-11-3-7-16-14(5-1-9-18(16)20)13-15-6-2-10-19-17(15)8-4-12-21(19)23;;;/h1-12H;2*1H;/q;;;+2/p-2. The van der Waals surface area contributed by atoms with E-state index in [0.717, 1.165) is 45.9 Å². The van der Waals surface area contributed by atoms with Gasteiger partial charge < -0.3 is 0 Å². The summed E-state index contributed by atoms with van der Waals surface area (Å²) in [5.41, 5.74) is 2.11. The Morgan fingerprint density at radius 1 is 0.538 bits per heavy atom. The molecule has 0 radical (unpaired) electrons. The van der Waals surface area contributed by atoms with Gasteiger partial charge in [0.1, 0.15) is 0 Å². The number of fused-ring (bicyclic) bond motifs is 2. The fourth-order valence-electron chi connectivity index (χ4n) is 3.33. The third kappa shape index (κ3) is 3.30. The molecule has 0 unspecified atom stereocenters. The first kappa shape index (κ1) is 18.7. The summed E-state index contributed by atoms with van der Waals surface area (Å²) in [6.07, 6.45) is 0. The van der Waals surface area contributed by atoms with Crippen molar-refractivity contribution in [2.75, 3.05) is 0 Å². The summed E-state index contributed by atoms with van der Waals surface area (Å²) in [7, 11) is 13.3. The molecule has 4 aromatic carbocycles. The zero-order valence-electron chi connectivity index (χ0n) is 13.4. The van der Waals surface area contributed by atoms with Crippen molar-refractivity contribution in [1.29, 1.82) is 0 Å². The summed E-state index contributed by atoms with van der Waals surface area (Å²) in [5.74, 6) is 0. The molecule has 0 aliphatic carbocycles. The topological polar surface area (TPSA) is 0 Å². The van der Waals surface area contributed by atoms with Crippen LogP contribution >= 0.6 is 40.2 Å². The number of benzene rings is 4. The Morgan fingerprint density at radius 2 is 0.923 bits per heavy atom. The van der Waals surface area contributed by atoms with Gasteiger partial charge in [-0.1, -0.05) is 0 Å². The second kappa shape index (κ2) is 7.74. The summed E-state index contributed by atoms with van der Waals surface area (Å²) >= 11 is 9.96. The molecule has 0 bridgehead atoms. The van der Waals surface area contributed by atoms with Crippen molar-refractivity contribution < 1.29 is 18.9 Å². The molecule has 0 aromatic heterocycles. The molecule has 4 rings (SSSR count). The number of halogens is 4. The Kier molecular flexibility index (Phi) is 5.56. The number of rotatable bonds is 2. The van der Waals surface area contributed by atoms with Gasteiger partial charge in [-0.15, -0.1) is 0 Å². The number of hydrogen-bond donors (Lipinski definition) is 0. The van der Waals surface area contributed by atoms with Crippen molar-refractivity contribution in [2.45, 2.75) is 0 Å². The zero-order valence-corrected chi connectivity index (χ0v) is 18.9. The molecule has 0 heterocycles. The second-order valence-electron chi connectivity index (χ2n) is 5.92. The molecular formula is C21H12Cl4Zr.